The largest absolute Gasteiger partial charge is 0.482 e. The van der Waals surface area contributed by atoms with E-state index in [1.807, 2.05) is 12.1 Å². The molecule has 0 atom stereocenters. The summed E-state index contributed by atoms with van der Waals surface area (Å²) in [5.41, 5.74) is 0.985. The third kappa shape index (κ3) is 3.60. The zero-order chi connectivity index (χ0) is 17.1. The van der Waals surface area contributed by atoms with Gasteiger partial charge in [0, 0.05) is 17.0 Å². The highest BCUT2D eigenvalue weighted by atomic mass is 35.5. The molecule has 2 amide bonds. The van der Waals surface area contributed by atoms with Crippen molar-refractivity contribution in [1.82, 2.24) is 4.90 Å². The molecule has 0 spiro atoms. The van der Waals surface area contributed by atoms with Crippen molar-refractivity contribution in [3.63, 3.8) is 0 Å². The van der Waals surface area contributed by atoms with Gasteiger partial charge in [0.05, 0.1) is 16.6 Å². The highest BCUT2D eigenvalue weighted by Gasteiger charge is 2.21. The Morgan fingerprint density at radius 2 is 2.25 bits per heavy atom. The average Bonchev–Trinajstić information content (AvgIpc) is 2.98. The standard InChI is InChI=1S/C17H15ClN2O3S/c1-2-7-20(9-12-4-6-15(18)24-12)17(22)11-3-5-14-13(8-11)19-16(21)10-23-14/h2-6,8H,1,7,9-10H2,(H,19,21). The van der Waals surface area contributed by atoms with Crippen LogP contribution < -0.4 is 10.1 Å². The zero-order valence-corrected chi connectivity index (χ0v) is 14.3. The van der Waals surface area contributed by atoms with Gasteiger partial charge < -0.3 is 15.0 Å². The first-order valence-corrected chi connectivity index (χ1v) is 8.47. The third-order valence-electron chi connectivity index (χ3n) is 3.47. The first-order chi connectivity index (χ1) is 11.6. The Balaban J connectivity index is 1.83. The molecule has 0 aliphatic carbocycles. The van der Waals surface area contributed by atoms with E-state index in [2.05, 4.69) is 11.9 Å². The fraction of sp³-hybridized carbons (Fsp3) is 0.176. The van der Waals surface area contributed by atoms with Gasteiger partial charge in [0.15, 0.2) is 6.61 Å². The lowest BCUT2D eigenvalue weighted by Gasteiger charge is -2.22. The van der Waals surface area contributed by atoms with Crippen LogP contribution in [0.5, 0.6) is 5.75 Å². The SMILES string of the molecule is C=CCN(Cc1ccc(Cl)s1)C(=O)c1ccc2c(c1)NC(=O)CO2. The maximum absolute atomic E-state index is 12.8. The van der Waals surface area contributed by atoms with Crippen LogP contribution >= 0.6 is 22.9 Å². The summed E-state index contributed by atoms with van der Waals surface area (Å²) in [7, 11) is 0. The summed E-state index contributed by atoms with van der Waals surface area (Å²) in [6, 6.07) is 8.72. The van der Waals surface area contributed by atoms with Crippen molar-refractivity contribution >= 4 is 40.4 Å². The number of nitrogens with one attached hydrogen (secondary N) is 1. The molecule has 7 heteroatoms. The number of benzene rings is 1. The maximum atomic E-state index is 12.8. The summed E-state index contributed by atoms with van der Waals surface area (Å²) >= 11 is 7.39. The summed E-state index contributed by atoms with van der Waals surface area (Å²) in [5.74, 6) is 0.178. The Hall–Kier alpha value is -2.31. The lowest BCUT2D eigenvalue weighted by Crippen LogP contribution is -2.31. The number of rotatable bonds is 5. The van der Waals surface area contributed by atoms with E-state index < -0.39 is 0 Å². The smallest absolute Gasteiger partial charge is 0.262 e. The Labute approximate surface area is 148 Å². The molecule has 0 fully saturated rings. The minimum absolute atomic E-state index is 0.0119. The number of fused-ring (bicyclic) bond motifs is 1. The van der Waals surface area contributed by atoms with E-state index in [4.69, 9.17) is 16.3 Å². The van der Waals surface area contributed by atoms with Crippen LogP contribution in [0.2, 0.25) is 4.34 Å². The molecule has 24 heavy (non-hydrogen) atoms. The van der Waals surface area contributed by atoms with Crippen LogP contribution in [-0.2, 0) is 11.3 Å². The first kappa shape index (κ1) is 16.5. The summed E-state index contributed by atoms with van der Waals surface area (Å²) in [6.45, 7) is 4.56. The van der Waals surface area contributed by atoms with Crippen LogP contribution in [0.25, 0.3) is 0 Å². The summed E-state index contributed by atoms with van der Waals surface area (Å²) < 4.78 is 6.00. The van der Waals surface area contributed by atoms with Crippen molar-refractivity contribution in [3.05, 3.63) is 57.8 Å². The fourth-order valence-corrected chi connectivity index (χ4v) is 3.50. The second-order valence-corrected chi connectivity index (χ2v) is 7.03. The molecule has 3 rings (SSSR count). The highest BCUT2D eigenvalue weighted by molar-refractivity contribution is 7.16. The van der Waals surface area contributed by atoms with E-state index in [-0.39, 0.29) is 18.4 Å². The first-order valence-electron chi connectivity index (χ1n) is 7.28. The number of thiophene rings is 1. The van der Waals surface area contributed by atoms with Gasteiger partial charge in [-0.05, 0) is 30.3 Å². The second-order valence-electron chi connectivity index (χ2n) is 5.23. The van der Waals surface area contributed by atoms with Crippen LogP contribution in [0.4, 0.5) is 5.69 Å². The minimum Gasteiger partial charge on any atom is -0.482 e. The topological polar surface area (TPSA) is 58.6 Å². The number of nitrogens with zero attached hydrogens (tertiary/aromatic N) is 1. The van der Waals surface area contributed by atoms with E-state index in [0.717, 1.165) is 4.88 Å². The van der Waals surface area contributed by atoms with Gasteiger partial charge in [0.1, 0.15) is 5.75 Å². The van der Waals surface area contributed by atoms with E-state index >= 15 is 0 Å². The number of halogens is 1. The van der Waals surface area contributed by atoms with E-state index in [9.17, 15) is 9.59 Å². The zero-order valence-electron chi connectivity index (χ0n) is 12.8. The van der Waals surface area contributed by atoms with Crippen LogP contribution in [0.1, 0.15) is 15.2 Å². The molecule has 1 aromatic carbocycles. The summed E-state index contributed by atoms with van der Waals surface area (Å²) in [6.07, 6.45) is 1.68. The number of anilines is 1. The molecule has 124 valence electrons. The maximum Gasteiger partial charge on any atom is 0.262 e. The molecule has 0 bridgehead atoms. The second kappa shape index (κ2) is 7.07. The summed E-state index contributed by atoms with van der Waals surface area (Å²) in [4.78, 5) is 26.9. The number of hydrogen-bond acceptors (Lipinski definition) is 4. The Morgan fingerprint density at radius 3 is 2.96 bits per heavy atom. The Morgan fingerprint density at radius 1 is 1.42 bits per heavy atom. The molecule has 1 N–H and O–H groups in total. The van der Waals surface area contributed by atoms with Gasteiger partial charge >= 0.3 is 0 Å². The van der Waals surface area contributed by atoms with Crippen LogP contribution in [0.3, 0.4) is 0 Å². The van der Waals surface area contributed by atoms with Gasteiger partial charge in [-0.15, -0.1) is 17.9 Å². The molecule has 1 aromatic heterocycles. The molecule has 0 radical (unpaired) electrons. The third-order valence-corrected chi connectivity index (χ3v) is 4.69. The molecule has 0 saturated carbocycles. The van der Waals surface area contributed by atoms with Gasteiger partial charge in [-0.25, -0.2) is 0 Å². The number of ether oxygens (including phenoxy) is 1. The quantitative estimate of drug-likeness (QED) is 0.827. The van der Waals surface area contributed by atoms with Gasteiger partial charge in [-0.3, -0.25) is 9.59 Å². The van der Waals surface area contributed by atoms with Gasteiger partial charge in [0.25, 0.3) is 11.8 Å². The molecule has 1 aliphatic heterocycles. The van der Waals surface area contributed by atoms with Gasteiger partial charge in [-0.2, -0.15) is 0 Å². The van der Waals surface area contributed by atoms with Crippen molar-refractivity contribution in [3.8, 4) is 5.75 Å². The average molecular weight is 363 g/mol. The lowest BCUT2D eigenvalue weighted by molar-refractivity contribution is -0.118. The normalized spacial score (nSPS) is 12.8. The Kier molecular flexibility index (Phi) is 4.87. The van der Waals surface area contributed by atoms with Gasteiger partial charge in [-0.1, -0.05) is 17.7 Å². The van der Waals surface area contributed by atoms with Crippen molar-refractivity contribution in [1.29, 1.82) is 0 Å². The van der Waals surface area contributed by atoms with Crippen LogP contribution in [0, 0.1) is 0 Å². The van der Waals surface area contributed by atoms with Crippen molar-refractivity contribution < 1.29 is 14.3 Å². The van der Waals surface area contributed by atoms with Crippen molar-refractivity contribution in [2.75, 3.05) is 18.5 Å². The lowest BCUT2D eigenvalue weighted by atomic mass is 10.1. The molecular formula is C17H15ClN2O3S. The number of amides is 2. The highest BCUT2D eigenvalue weighted by Crippen LogP contribution is 2.29. The molecule has 2 aromatic rings. The van der Waals surface area contributed by atoms with E-state index in [1.165, 1.54) is 11.3 Å². The minimum atomic E-state index is -0.233. The predicted molar refractivity (Wildman–Crippen MR) is 94.8 cm³/mol. The van der Waals surface area contributed by atoms with E-state index in [1.54, 1.807) is 29.2 Å². The predicted octanol–water partition coefficient (Wildman–Crippen LogP) is 3.56. The van der Waals surface area contributed by atoms with Crippen LogP contribution in [-0.4, -0.2) is 29.9 Å². The Bertz CT molecular complexity index is 803. The van der Waals surface area contributed by atoms with Gasteiger partial charge in [0.2, 0.25) is 0 Å². The van der Waals surface area contributed by atoms with Crippen LogP contribution in [0.15, 0.2) is 43.0 Å². The molecule has 5 nitrogen and oxygen atoms in total. The van der Waals surface area contributed by atoms with E-state index in [0.29, 0.717) is 34.4 Å². The fourth-order valence-electron chi connectivity index (χ4n) is 2.40. The summed E-state index contributed by atoms with van der Waals surface area (Å²) in [5, 5.41) is 2.71. The van der Waals surface area contributed by atoms with Crippen molar-refractivity contribution in [2.24, 2.45) is 0 Å². The van der Waals surface area contributed by atoms with Crippen molar-refractivity contribution in [2.45, 2.75) is 6.54 Å². The molecule has 2 heterocycles. The number of carbonyl (C=O) groups excluding carboxylic acids is 2. The molecule has 0 saturated heterocycles. The molecular weight excluding hydrogens is 348 g/mol. The number of carbonyl (C=O) groups is 2. The monoisotopic (exact) mass is 362 g/mol. The number of hydrogen-bond donors (Lipinski definition) is 1. The molecule has 0 unspecified atom stereocenters. The molecule has 1 aliphatic rings.